The highest BCUT2D eigenvalue weighted by molar-refractivity contribution is 5.98. The van der Waals surface area contributed by atoms with E-state index in [1.165, 1.54) is 13.4 Å². The molecule has 21 heavy (non-hydrogen) atoms. The van der Waals surface area contributed by atoms with E-state index in [9.17, 15) is 4.79 Å². The van der Waals surface area contributed by atoms with Crippen molar-refractivity contribution >= 4 is 28.5 Å². The molecular weight excluding hydrogens is 268 g/mol. The zero-order chi connectivity index (χ0) is 14.8. The van der Waals surface area contributed by atoms with Gasteiger partial charge in [-0.3, -0.25) is 0 Å². The lowest BCUT2D eigenvalue weighted by Crippen LogP contribution is -2.06. The number of hydrogen-bond acceptors (Lipinski definition) is 5. The van der Waals surface area contributed by atoms with E-state index in [0.29, 0.717) is 17.1 Å². The molecule has 1 N–H and O–H groups in total. The maximum atomic E-state index is 11.8. The van der Waals surface area contributed by atoms with Crippen LogP contribution in [0, 0.1) is 0 Å². The molecule has 0 saturated carbocycles. The van der Waals surface area contributed by atoms with Crippen LogP contribution in [0.4, 0.5) is 11.5 Å². The molecule has 3 rings (SSSR count). The number of aryl methyl sites for hydroxylation is 1. The van der Waals surface area contributed by atoms with Gasteiger partial charge >= 0.3 is 5.97 Å². The molecule has 106 valence electrons. The van der Waals surface area contributed by atoms with Gasteiger partial charge in [0.05, 0.1) is 23.7 Å². The molecule has 1 aromatic carbocycles. The van der Waals surface area contributed by atoms with Crippen molar-refractivity contribution in [1.82, 2.24) is 14.5 Å². The van der Waals surface area contributed by atoms with Gasteiger partial charge in [-0.2, -0.15) is 0 Å². The highest BCUT2D eigenvalue weighted by atomic mass is 16.5. The number of para-hydroxylation sites is 1. The molecule has 0 aliphatic carbocycles. The van der Waals surface area contributed by atoms with Gasteiger partial charge in [-0.05, 0) is 18.2 Å². The number of fused-ring (bicyclic) bond motifs is 1. The molecule has 0 aliphatic rings. The van der Waals surface area contributed by atoms with E-state index in [-0.39, 0.29) is 0 Å². The predicted octanol–water partition coefficient (Wildman–Crippen LogP) is 2.50. The quantitative estimate of drug-likeness (QED) is 0.747. The Morgan fingerprint density at radius 1 is 1.24 bits per heavy atom. The molecule has 2 heterocycles. The van der Waals surface area contributed by atoms with Crippen LogP contribution in [0.25, 0.3) is 11.0 Å². The summed E-state index contributed by atoms with van der Waals surface area (Å²) in [6.07, 6.45) is 3.40. The number of benzene rings is 1. The van der Waals surface area contributed by atoms with Crippen LogP contribution >= 0.6 is 0 Å². The summed E-state index contributed by atoms with van der Waals surface area (Å²) >= 11 is 0. The lowest BCUT2D eigenvalue weighted by molar-refractivity contribution is 0.0602. The lowest BCUT2D eigenvalue weighted by Gasteiger charge is -2.10. The summed E-state index contributed by atoms with van der Waals surface area (Å²) in [5.41, 5.74) is 1.93. The Kier molecular flexibility index (Phi) is 3.27. The van der Waals surface area contributed by atoms with E-state index < -0.39 is 5.97 Å². The Hall–Kier alpha value is -2.89. The summed E-state index contributed by atoms with van der Waals surface area (Å²) in [6, 6.07) is 9.08. The van der Waals surface area contributed by atoms with Gasteiger partial charge in [-0.25, -0.2) is 14.8 Å². The summed E-state index contributed by atoms with van der Waals surface area (Å²) in [7, 11) is 3.28. The third-order valence-corrected chi connectivity index (χ3v) is 3.25. The van der Waals surface area contributed by atoms with E-state index >= 15 is 0 Å². The third-order valence-electron chi connectivity index (χ3n) is 3.25. The van der Waals surface area contributed by atoms with Crippen molar-refractivity contribution in [3.05, 3.63) is 48.4 Å². The Morgan fingerprint density at radius 2 is 2.05 bits per heavy atom. The summed E-state index contributed by atoms with van der Waals surface area (Å²) in [6.45, 7) is 0. The van der Waals surface area contributed by atoms with Crippen molar-refractivity contribution in [1.29, 1.82) is 0 Å². The predicted molar refractivity (Wildman–Crippen MR) is 79.6 cm³/mol. The highest BCUT2D eigenvalue weighted by Crippen LogP contribution is 2.25. The largest absolute Gasteiger partial charge is 0.465 e. The number of esters is 1. The SMILES string of the molecule is COC(=O)c1ccccc1Nc1ncnc2c1ccn2C. The van der Waals surface area contributed by atoms with Crippen molar-refractivity contribution in [2.75, 3.05) is 12.4 Å². The summed E-state index contributed by atoms with van der Waals surface area (Å²) in [5.74, 6) is 0.258. The number of carbonyl (C=O) groups excluding carboxylic acids is 1. The Labute approximate surface area is 121 Å². The topological polar surface area (TPSA) is 69.0 Å². The number of carbonyl (C=O) groups is 1. The van der Waals surface area contributed by atoms with Crippen molar-refractivity contribution in [3.8, 4) is 0 Å². The second kappa shape index (κ2) is 5.24. The first-order chi connectivity index (χ1) is 10.2. The first-order valence-corrected chi connectivity index (χ1v) is 6.41. The summed E-state index contributed by atoms with van der Waals surface area (Å²) in [5, 5.41) is 4.07. The minimum Gasteiger partial charge on any atom is -0.465 e. The van der Waals surface area contributed by atoms with Crippen LogP contribution < -0.4 is 5.32 Å². The van der Waals surface area contributed by atoms with Gasteiger partial charge in [0.25, 0.3) is 0 Å². The maximum Gasteiger partial charge on any atom is 0.339 e. The molecule has 0 radical (unpaired) electrons. The molecule has 6 nitrogen and oxygen atoms in total. The van der Waals surface area contributed by atoms with E-state index in [2.05, 4.69) is 15.3 Å². The van der Waals surface area contributed by atoms with Crippen LogP contribution in [0.3, 0.4) is 0 Å². The van der Waals surface area contributed by atoms with Crippen molar-refractivity contribution in [3.63, 3.8) is 0 Å². The Bertz CT molecular complexity index is 810. The molecular formula is C15H14N4O2. The molecule has 0 bridgehead atoms. The van der Waals surface area contributed by atoms with Gasteiger partial charge in [0, 0.05) is 13.2 Å². The number of ether oxygens (including phenoxy) is 1. The Morgan fingerprint density at radius 3 is 2.86 bits per heavy atom. The van der Waals surface area contributed by atoms with Crippen LogP contribution in [0.5, 0.6) is 0 Å². The van der Waals surface area contributed by atoms with Crippen molar-refractivity contribution in [2.24, 2.45) is 7.05 Å². The van der Waals surface area contributed by atoms with Gasteiger partial charge in [-0.15, -0.1) is 0 Å². The zero-order valence-electron chi connectivity index (χ0n) is 11.7. The number of nitrogens with one attached hydrogen (secondary N) is 1. The maximum absolute atomic E-state index is 11.8. The van der Waals surface area contributed by atoms with Gasteiger partial charge in [-0.1, -0.05) is 12.1 Å². The molecule has 2 aromatic heterocycles. The first kappa shape index (κ1) is 13.1. The molecule has 0 aliphatic heterocycles. The molecule has 0 unspecified atom stereocenters. The fourth-order valence-corrected chi connectivity index (χ4v) is 2.18. The number of nitrogens with zero attached hydrogens (tertiary/aromatic N) is 3. The number of rotatable bonds is 3. The average molecular weight is 282 g/mol. The molecule has 3 aromatic rings. The van der Waals surface area contributed by atoms with Crippen LogP contribution in [0.15, 0.2) is 42.9 Å². The fraction of sp³-hybridized carbons (Fsp3) is 0.133. The lowest BCUT2D eigenvalue weighted by atomic mass is 10.2. The molecule has 0 saturated heterocycles. The van der Waals surface area contributed by atoms with Gasteiger partial charge in [0.1, 0.15) is 17.8 Å². The van der Waals surface area contributed by atoms with E-state index in [0.717, 1.165) is 11.0 Å². The number of hydrogen-bond donors (Lipinski definition) is 1. The Balaban J connectivity index is 2.05. The number of methoxy groups -OCH3 is 1. The van der Waals surface area contributed by atoms with Crippen LogP contribution in [-0.4, -0.2) is 27.6 Å². The van der Waals surface area contributed by atoms with E-state index in [1.54, 1.807) is 12.1 Å². The number of aromatic nitrogens is 3. The van der Waals surface area contributed by atoms with Crippen LogP contribution in [-0.2, 0) is 11.8 Å². The van der Waals surface area contributed by atoms with Crippen LogP contribution in [0.2, 0.25) is 0 Å². The van der Waals surface area contributed by atoms with Crippen LogP contribution in [0.1, 0.15) is 10.4 Å². The monoisotopic (exact) mass is 282 g/mol. The second-order valence-electron chi connectivity index (χ2n) is 4.55. The fourth-order valence-electron chi connectivity index (χ4n) is 2.18. The summed E-state index contributed by atoms with van der Waals surface area (Å²) < 4.78 is 6.70. The van der Waals surface area contributed by atoms with Gasteiger partial charge in [0.2, 0.25) is 0 Å². The van der Waals surface area contributed by atoms with E-state index in [4.69, 9.17) is 4.74 Å². The van der Waals surface area contributed by atoms with Crippen molar-refractivity contribution in [2.45, 2.75) is 0 Å². The molecule has 0 amide bonds. The summed E-state index contributed by atoms with van der Waals surface area (Å²) in [4.78, 5) is 20.3. The first-order valence-electron chi connectivity index (χ1n) is 6.41. The van der Waals surface area contributed by atoms with Gasteiger partial charge < -0.3 is 14.6 Å². The standard InChI is InChI=1S/C15H14N4O2/c1-19-8-7-11-13(16-9-17-14(11)19)18-12-6-4-3-5-10(12)15(20)21-2/h3-9H,1-2H3,(H,16,17,18). The second-order valence-corrected chi connectivity index (χ2v) is 4.55. The average Bonchev–Trinajstić information content (AvgIpc) is 2.90. The number of anilines is 2. The van der Waals surface area contributed by atoms with Gasteiger partial charge in [0.15, 0.2) is 0 Å². The highest BCUT2D eigenvalue weighted by Gasteiger charge is 2.13. The van der Waals surface area contributed by atoms with E-state index in [1.807, 2.05) is 36.0 Å². The molecule has 0 fully saturated rings. The normalized spacial score (nSPS) is 10.6. The minimum atomic E-state index is -0.392. The molecule has 6 heteroatoms. The minimum absolute atomic E-state index is 0.392. The third kappa shape index (κ3) is 2.31. The zero-order valence-corrected chi connectivity index (χ0v) is 11.7. The van der Waals surface area contributed by atoms with Crippen molar-refractivity contribution < 1.29 is 9.53 Å². The smallest absolute Gasteiger partial charge is 0.339 e. The molecule has 0 atom stereocenters. The molecule has 0 spiro atoms.